The van der Waals surface area contributed by atoms with Gasteiger partial charge in [-0.25, -0.2) is 4.98 Å². The number of nitrogens with two attached hydrogens (primary N) is 1. The molecule has 3 heterocycles. The molecule has 0 amide bonds. The number of anilines is 2. The molecule has 0 saturated carbocycles. The van der Waals surface area contributed by atoms with Crippen LogP contribution in [0.15, 0.2) is 30.3 Å². The van der Waals surface area contributed by atoms with Gasteiger partial charge in [0.1, 0.15) is 5.82 Å². The van der Waals surface area contributed by atoms with E-state index < -0.39 is 0 Å². The van der Waals surface area contributed by atoms with Gasteiger partial charge in [-0.05, 0) is 31.4 Å². The van der Waals surface area contributed by atoms with E-state index in [-0.39, 0.29) is 0 Å². The summed E-state index contributed by atoms with van der Waals surface area (Å²) in [6.45, 7) is 3.02. The maximum Gasteiger partial charge on any atom is 0.222 e. The summed E-state index contributed by atoms with van der Waals surface area (Å²) in [5.74, 6) is 1.33. The molecule has 5 heteroatoms. The molecule has 0 spiro atoms. The zero-order chi connectivity index (χ0) is 15.6. The summed E-state index contributed by atoms with van der Waals surface area (Å²) in [5.41, 5.74) is 9.73. The van der Waals surface area contributed by atoms with Crippen LogP contribution in [0, 0.1) is 0 Å². The van der Waals surface area contributed by atoms with Gasteiger partial charge in [0, 0.05) is 18.7 Å². The summed E-state index contributed by atoms with van der Waals surface area (Å²) in [7, 11) is 0. The van der Waals surface area contributed by atoms with E-state index in [1.54, 1.807) is 0 Å². The van der Waals surface area contributed by atoms with E-state index in [2.05, 4.69) is 50.5 Å². The van der Waals surface area contributed by atoms with Gasteiger partial charge >= 0.3 is 0 Å². The van der Waals surface area contributed by atoms with Crippen molar-refractivity contribution in [3.8, 4) is 0 Å². The zero-order valence-corrected chi connectivity index (χ0v) is 13.3. The topological polar surface area (TPSA) is 67.1 Å². The summed E-state index contributed by atoms with van der Waals surface area (Å²) >= 11 is 0. The quantitative estimate of drug-likeness (QED) is 0.912. The summed E-state index contributed by atoms with van der Waals surface area (Å²) in [6, 6.07) is 11.0. The normalized spacial score (nSPS) is 21.0. The van der Waals surface area contributed by atoms with E-state index in [0.717, 1.165) is 44.0 Å². The molecule has 1 fully saturated rings. The van der Waals surface area contributed by atoms with Gasteiger partial charge in [-0.3, -0.25) is 4.90 Å². The number of hydrogen-bond donors (Lipinski definition) is 2. The molecule has 0 aliphatic carbocycles. The lowest BCUT2D eigenvalue weighted by atomic mass is 9.95. The molecule has 1 aromatic carbocycles. The van der Waals surface area contributed by atoms with Gasteiger partial charge in [-0.2, -0.15) is 4.98 Å². The first-order valence-corrected chi connectivity index (χ1v) is 8.49. The van der Waals surface area contributed by atoms with E-state index in [9.17, 15) is 0 Å². The van der Waals surface area contributed by atoms with Gasteiger partial charge in [0.15, 0.2) is 0 Å². The SMILES string of the molecule is Nc1nc2c(c(C3CCCCN3Cc3ccccc3)n1)CCN2. The number of benzene rings is 1. The first-order valence-electron chi connectivity index (χ1n) is 8.49. The van der Waals surface area contributed by atoms with Gasteiger partial charge in [0.2, 0.25) is 5.95 Å². The highest BCUT2D eigenvalue weighted by Crippen LogP contribution is 2.36. The van der Waals surface area contributed by atoms with Crippen LogP contribution in [0.3, 0.4) is 0 Å². The van der Waals surface area contributed by atoms with Gasteiger partial charge in [0.25, 0.3) is 0 Å². The Morgan fingerprint density at radius 3 is 2.91 bits per heavy atom. The third-order valence-corrected chi connectivity index (χ3v) is 4.88. The number of likely N-dealkylation sites (tertiary alicyclic amines) is 1. The summed E-state index contributed by atoms with van der Waals surface area (Å²) < 4.78 is 0. The monoisotopic (exact) mass is 309 g/mol. The Bertz CT molecular complexity index is 685. The Morgan fingerprint density at radius 2 is 2.04 bits per heavy atom. The van der Waals surface area contributed by atoms with Crippen LogP contribution < -0.4 is 11.1 Å². The second kappa shape index (κ2) is 6.16. The van der Waals surface area contributed by atoms with Crippen molar-refractivity contribution in [3.63, 3.8) is 0 Å². The van der Waals surface area contributed by atoms with Crippen LogP contribution in [0.5, 0.6) is 0 Å². The first kappa shape index (κ1) is 14.5. The predicted molar refractivity (Wildman–Crippen MR) is 92.1 cm³/mol. The van der Waals surface area contributed by atoms with Crippen molar-refractivity contribution >= 4 is 11.8 Å². The van der Waals surface area contributed by atoms with Gasteiger partial charge in [0.05, 0.1) is 11.7 Å². The van der Waals surface area contributed by atoms with Crippen LogP contribution in [-0.4, -0.2) is 28.0 Å². The zero-order valence-electron chi connectivity index (χ0n) is 13.3. The summed E-state index contributed by atoms with van der Waals surface area (Å²) in [4.78, 5) is 11.6. The van der Waals surface area contributed by atoms with Crippen molar-refractivity contribution in [2.45, 2.75) is 38.3 Å². The maximum absolute atomic E-state index is 5.96. The van der Waals surface area contributed by atoms with E-state index >= 15 is 0 Å². The molecule has 0 radical (unpaired) electrons. The third kappa shape index (κ3) is 2.88. The Balaban J connectivity index is 1.66. The van der Waals surface area contributed by atoms with Crippen LogP contribution >= 0.6 is 0 Å². The van der Waals surface area contributed by atoms with E-state index in [4.69, 9.17) is 5.73 Å². The minimum Gasteiger partial charge on any atom is -0.369 e. The minimum absolute atomic E-state index is 0.350. The molecule has 1 saturated heterocycles. The van der Waals surface area contributed by atoms with Crippen molar-refractivity contribution in [2.75, 3.05) is 24.1 Å². The summed E-state index contributed by atoms with van der Waals surface area (Å²) in [5, 5.41) is 3.34. The average Bonchev–Trinajstić information content (AvgIpc) is 3.04. The standard InChI is InChI=1S/C18H23N5/c19-18-21-16(14-9-10-20-17(14)22-18)15-8-4-5-11-23(15)12-13-6-2-1-3-7-13/h1-3,6-7,15H,4-5,8-12H2,(H3,19,20,21,22). The van der Waals surface area contributed by atoms with Crippen LogP contribution in [0.4, 0.5) is 11.8 Å². The predicted octanol–water partition coefficient (Wildman–Crippen LogP) is 2.75. The molecule has 1 aromatic heterocycles. The Kier molecular flexibility index (Phi) is 3.87. The fourth-order valence-electron chi connectivity index (χ4n) is 3.80. The lowest BCUT2D eigenvalue weighted by molar-refractivity contribution is 0.136. The largest absolute Gasteiger partial charge is 0.369 e. The number of aromatic nitrogens is 2. The second-order valence-electron chi connectivity index (χ2n) is 6.44. The highest BCUT2D eigenvalue weighted by Gasteiger charge is 2.30. The van der Waals surface area contributed by atoms with Crippen molar-refractivity contribution < 1.29 is 0 Å². The average molecular weight is 309 g/mol. The molecule has 0 bridgehead atoms. The summed E-state index contributed by atoms with van der Waals surface area (Å²) in [6.07, 6.45) is 4.66. The van der Waals surface area contributed by atoms with E-state index in [1.807, 2.05) is 0 Å². The highest BCUT2D eigenvalue weighted by atomic mass is 15.2. The minimum atomic E-state index is 0.350. The van der Waals surface area contributed by atoms with Gasteiger partial charge in [-0.1, -0.05) is 36.8 Å². The van der Waals surface area contributed by atoms with Crippen molar-refractivity contribution in [2.24, 2.45) is 0 Å². The molecule has 120 valence electrons. The molecule has 23 heavy (non-hydrogen) atoms. The fourth-order valence-corrected chi connectivity index (χ4v) is 3.80. The molecule has 2 aliphatic rings. The van der Waals surface area contributed by atoms with Crippen LogP contribution in [0.2, 0.25) is 0 Å². The Hall–Kier alpha value is -2.14. The number of hydrogen-bond acceptors (Lipinski definition) is 5. The van der Waals surface area contributed by atoms with Crippen molar-refractivity contribution in [1.82, 2.24) is 14.9 Å². The molecule has 1 unspecified atom stereocenters. The number of nitrogens with one attached hydrogen (secondary N) is 1. The molecule has 5 nitrogen and oxygen atoms in total. The molecule has 4 rings (SSSR count). The van der Waals surface area contributed by atoms with Crippen molar-refractivity contribution in [3.05, 3.63) is 47.2 Å². The number of nitrogens with zero attached hydrogens (tertiary/aromatic N) is 3. The van der Waals surface area contributed by atoms with Crippen LogP contribution in [0.25, 0.3) is 0 Å². The number of nitrogen functional groups attached to an aromatic ring is 1. The molecule has 2 aliphatic heterocycles. The smallest absolute Gasteiger partial charge is 0.222 e. The fraction of sp³-hybridized carbons (Fsp3) is 0.444. The number of rotatable bonds is 3. The third-order valence-electron chi connectivity index (χ3n) is 4.88. The molecule has 1 atom stereocenters. The van der Waals surface area contributed by atoms with Gasteiger partial charge < -0.3 is 11.1 Å². The second-order valence-corrected chi connectivity index (χ2v) is 6.44. The molecule has 2 aromatic rings. The highest BCUT2D eigenvalue weighted by molar-refractivity contribution is 5.54. The lowest BCUT2D eigenvalue weighted by Crippen LogP contribution is -2.34. The number of fused-ring (bicyclic) bond motifs is 1. The number of piperidine rings is 1. The van der Waals surface area contributed by atoms with Gasteiger partial charge in [-0.15, -0.1) is 0 Å². The lowest BCUT2D eigenvalue weighted by Gasteiger charge is -2.36. The molecule has 3 N–H and O–H groups in total. The molecular formula is C18H23N5. The van der Waals surface area contributed by atoms with Crippen molar-refractivity contribution in [1.29, 1.82) is 0 Å². The van der Waals surface area contributed by atoms with Crippen LogP contribution in [0.1, 0.15) is 42.1 Å². The van der Waals surface area contributed by atoms with E-state index in [1.165, 1.54) is 24.0 Å². The van der Waals surface area contributed by atoms with E-state index in [0.29, 0.717) is 12.0 Å². The van der Waals surface area contributed by atoms with Crippen LogP contribution in [-0.2, 0) is 13.0 Å². The maximum atomic E-state index is 5.96. The molecular weight excluding hydrogens is 286 g/mol. The Morgan fingerprint density at radius 1 is 1.17 bits per heavy atom. The first-order chi connectivity index (χ1) is 11.3. The Labute approximate surface area is 136 Å².